The molecule has 0 bridgehead atoms. The van der Waals surface area contributed by atoms with Crippen molar-refractivity contribution in [2.24, 2.45) is 0 Å². The van der Waals surface area contributed by atoms with Gasteiger partial charge in [0.15, 0.2) is 0 Å². The molecule has 7 nitrogen and oxygen atoms in total. The van der Waals surface area contributed by atoms with Gasteiger partial charge < -0.3 is 10.6 Å². The van der Waals surface area contributed by atoms with Crippen molar-refractivity contribution in [2.45, 2.75) is 25.2 Å². The molecule has 4 aromatic carbocycles. The fourth-order valence-electron chi connectivity index (χ4n) is 3.94. The summed E-state index contributed by atoms with van der Waals surface area (Å²) in [5, 5.41) is 5.57. The molecule has 0 spiro atoms. The Kier molecular flexibility index (Phi) is 8.69. The topological polar surface area (TPSA) is 104 Å². The van der Waals surface area contributed by atoms with E-state index in [1.807, 2.05) is 49.4 Å². The Bertz CT molecular complexity index is 1620. The zero-order valence-electron chi connectivity index (χ0n) is 21.5. The molecule has 0 heterocycles. The first-order valence-electron chi connectivity index (χ1n) is 12.3. The summed E-state index contributed by atoms with van der Waals surface area (Å²) in [6.45, 7) is 4.07. The third-order valence-electron chi connectivity index (χ3n) is 6.08. The van der Waals surface area contributed by atoms with E-state index >= 15 is 0 Å². The van der Waals surface area contributed by atoms with E-state index < -0.39 is 15.9 Å². The van der Waals surface area contributed by atoms with Crippen LogP contribution in [0.1, 0.15) is 37.4 Å². The zero-order valence-corrected chi connectivity index (χ0v) is 23.1. The molecule has 0 aromatic heterocycles. The number of hydrogen-bond acceptors (Lipinski definition) is 4. The first-order valence-corrected chi connectivity index (χ1v) is 14.1. The second-order valence-electron chi connectivity index (χ2n) is 9.06. The highest BCUT2D eigenvalue weighted by Crippen LogP contribution is 2.27. The number of aryl methyl sites for hydroxylation is 2. The molecule has 0 saturated carbocycles. The molecule has 3 N–H and O–H groups in total. The summed E-state index contributed by atoms with van der Waals surface area (Å²) in [7, 11) is -4.09. The van der Waals surface area contributed by atoms with Gasteiger partial charge in [-0.3, -0.25) is 14.3 Å². The molecule has 0 unspecified atom stereocenters. The van der Waals surface area contributed by atoms with E-state index in [-0.39, 0.29) is 27.0 Å². The van der Waals surface area contributed by atoms with E-state index in [2.05, 4.69) is 15.4 Å². The molecule has 0 aliphatic carbocycles. The molecule has 4 aromatic rings. The number of hydrogen-bond donors (Lipinski definition) is 3. The SMILES string of the molecule is Cc1ccc(C)c(NS(=O)(=O)c2cc(C(=O)Nc3ccccc3C(=O)NCCc3ccccc3)ccc2Cl)c1. The molecule has 0 fully saturated rings. The third-order valence-corrected chi connectivity index (χ3v) is 7.93. The first kappa shape index (κ1) is 27.9. The molecule has 200 valence electrons. The second-order valence-corrected chi connectivity index (χ2v) is 11.1. The van der Waals surface area contributed by atoms with Gasteiger partial charge in [0.1, 0.15) is 4.90 Å². The summed E-state index contributed by atoms with van der Waals surface area (Å²) in [6, 6.07) is 25.8. The van der Waals surface area contributed by atoms with Gasteiger partial charge in [-0.05, 0) is 73.4 Å². The maximum absolute atomic E-state index is 13.2. The quantitative estimate of drug-likeness (QED) is 0.234. The van der Waals surface area contributed by atoms with Gasteiger partial charge in [-0.1, -0.05) is 66.2 Å². The summed E-state index contributed by atoms with van der Waals surface area (Å²) in [5.74, 6) is -0.918. The fraction of sp³-hybridized carbons (Fsp3) is 0.133. The number of amides is 2. The van der Waals surface area contributed by atoms with Crippen molar-refractivity contribution in [3.63, 3.8) is 0 Å². The van der Waals surface area contributed by atoms with Gasteiger partial charge >= 0.3 is 0 Å². The van der Waals surface area contributed by atoms with E-state index in [1.54, 1.807) is 37.3 Å². The smallest absolute Gasteiger partial charge is 0.263 e. The number of carbonyl (C=O) groups is 2. The highest BCUT2D eigenvalue weighted by Gasteiger charge is 2.22. The minimum Gasteiger partial charge on any atom is -0.352 e. The van der Waals surface area contributed by atoms with Crippen molar-refractivity contribution >= 4 is 44.8 Å². The summed E-state index contributed by atoms with van der Waals surface area (Å²) >= 11 is 6.24. The minimum absolute atomic E-state index is 0.0254. The molecule has 4 rings (SSSR count). The van der Waals surface area contributed by atoms with Gasteiger partial charge in [0, 0.05) is 12.1 Å². The number of para-hydroxylation sites is 1. The molecule has 0 aliphatic rings. The molecule has 0 radical (unpaired) electrons. The molecule has 9 heteroatoms. The number of rotatable bonds is 9. The summed E-state index contributed by atoms with van der Waals surface area (Å²) in [5.41, 5.74) is 3.81. The standard InChI is InChI=1S/C30H28ClN3O4S/c1-20-12-13-21(2)27(18-20)34-39(37,38)28-19-23(14-15-25(28)31)29(35)33-26-11-7-6-10-24(26)30(36)32-17-16-22-8-4-3-5-9-22/h3-15,18-19,34H,16-17H2,1-2H3,(H,32,36)(H,33,35). The Morgan fingerprint density at radius 1 is 0.795 bits per heavy atom. The third kappa shape index (κ3) is 7.04. The van der Waals surface area contributed by atoms with Crippen LogP contribution in [-0.2, 0) is 16.4 Å². The van der Waals surface area contributed by atoms with Gasteiger partial charge in [-0.2, -0.15) is 0 Å². The first-order chi connectivity index (χ1) is 18.6. The number of halogens is 1. The number of anilines is 2. The maximum Gasteiger partial charge on any atom is 0.263 e. The largest absolute Gasteiger partial charge is 0.352 e. The van der Waals surface area contributed by atoms with E-state index in [4.69, 9.17) is 11.6 Å². The molecule has 2 amide bonds. The Hall–Kier alpha value is -4.14. The number of sulfonamides is 1. The van der Waals surface area contributed by atoms with Crippen LogP contribution in [0, 0.1) is 13.8 Å². The predicted octanol–water partition coefficient (Wildman–Crippen LogP) is 5.98. The molecule has 0 saturated heterocycles. The summed E-state index contributed by atoms with van der Waals surface area (Å²) in [6.07, 6.45) is 0.666. The molecular weight excluding hydrogens is 534 g/mol. The van der Waals surface area contributed by atoms with Crippen molar-refractivity contribution < 1.29 is 18.0 Å². The normalized spacial score (nSPS) is 11.1. The lowest BCUT2D eigenvalue weighted by molar-refractivity contribution is 0.0955. The molecular formula is C30H28ClN3O4S. The zero-order chi connectivity index (χ0) is 28.0. The highest BCUT2D eigenvalue weighted by atomic mass is 35.5. The minimum atomic E-state index is -4.09. The fourth-order valence-corrected chi connectivity index (χ4v) is 5.59. The van der Waals surface area contributed by atoms with Crippen molar-refractivity contribution in [3.05, 3.63) is 124 Å². The van der Waals surface area contributed by atoms with Crippen LogP contribution in [0.15, 0.2) is 95.9 Å². The van der Waals surface area contributed by atoms with Crippen molar-refractivity contribution in [2.75, 3.05) is 16.6 Å². The second kappa shape index (κ2) is 12.1. The molecule has 0 aliphatic heterocycles. The summed E-state index contributed by atoms with van der Waals surface area (Å²) in [4.78, 5) is 25.8. The average molecular weight is 562 g/mol. The Balaban J connectivity index is 1.50. The van der Waals surface area contributed by atoms with Crippen LogP contribution in [0.2, 0.25) is 5.02 Å². The Morgan fingerprint density at radius 2 is 1.51 bits per heavy atom. The van der Waals surface area contributed by atoms with Crippen molar-refractivity contribution in [3.8, 4) is 0 Å². The van der Waals surface area contributed by atoms with Gasteiger partial charge in [0.2, 0.25) is 0 Å². The highest BCUT2D eigenvalue weighted by molar-refractivity contribution is 7.92. The van der Waals surface area contributed by atoms with Crippen LogP contribution < -0.4 is 15.4 Å². The maximum atomic E-state index is 13.2. The van der Waals surface area contributed by atoms with Crippen LogP contribution in [-0.4, -0.2) is 26.8 Å². The van der Waals surface area contributed by atoms with Crippen molar-refractivity contribution in [1.82, 2.24) is 5.32 Å². The van der Waals surface area contributed by atoms with Crippen LogP contribution in [0.25, 0.3) is 0 Å². The molecule has 0 atom stereocenters. The van der Waals surface area contributed by atoms with Gasteiger partial charge in [0.25, 0.3) is 21.8 Å². The monoisotopic (exact) mass is 561 g/mol. The lowest BCUT2D eigenvalue weighted by atomic mass is 10.1. The lowest BCUT2D eigenvalue weighted by Crippen LogP contribution is -2.27. The van der Waals surface area contributed by atoms with Gasteiger partial charge in [-0.15, -0.1) is 0 Å². The van der Waals surface area contributed by atoms with Crippen LogP contribution >= 0.6 is 11.6 Å². The van der Waals surface area contributed by atoms with Gasteiger partial charge in [-0.25, -0.2) is 8.42 Å². The van der Waals surface area contributed by atoms with Crippen LogP contribution in [0.4, 0.5) is 11.4 Å². The number of nitrogens with one attached hydrogen (secondary N) is 3. The lowest BCUT2D eigenvalue weighted by Gasteiger charge is -2.14. The van der Waals surface area contributed by atoms with Crippen LogP contribution in [0.5, 0.6) is 0 Å². The van der Waals surface area contributed by atoms with E-state index in [1.165, 1.54) is 18.2 Å². The van der Waals surface area contributed by atoms with E-state index in [9.17, 15) is 18.0 Å². The average Bonchev–Trinajstić information content (AvgIpc) is 2.91. The number of benzene rings is 4. The van der Waals surface area contributed by atoms with E-state index in [0.29, 0.717) is 24.3 Å². The predicted molar refractivity (Wildman–Crippen MR) is 155 cm³/mol. The summed E-state index contributed by atoms with van der Waals surface area (Å²) < 4.78 is 28.9. The van der Waals surface area contributed by atoms with Crippen LogP contribution in [0.3, 0.4) is 0 Å². The van der Waals surface area contributed by atoms with E-state index in [0.717, 1.165) is 16.7 Å². The number of carbonyl (C=O) groups excluding carboxylic acids is 2. The Labute approximate surface area is 233 Å². The van der Waals surface area contributed by atoms with Crippen molar-refractivity contribution in [1.29, 1.82) is 0 Å². The van der Waals surface area contributed by atoms with Gasteiger partial charge in [0.05, 0.1) is 22.0 Å². The molecule has 39 heavy (non-hydrogen) atoms. The Morgan fingerprint density at radius 3 is 2.28 bits per heavy atom.